The van der Waals surface area contributed by atoms with Gasteiger partial charge >= 0.3 is 6.18 Å². The Labute approximate surface area is 126 Å². The molecule has 1 aromatic rings. The van der Waals surface area contributed by atoms with E-state index in [2.05, 4.69) is 0 Å². The Balaban J connectivity index is 2.06. The van der Waals surface area contributed by atoms with Crippen LogP contribution in [0.5, 0.6) is 0 Å². The van der Waals surface area contributed by atoms with E-state index in [1.807, 2.05) is 0 Å². The zero-order chi connectivity index (χ0) is 16.5. The van der Waals surface area contributed by atoms with Crippen LogP contribution in [0.2, 0.25) is 0 Å². The number of nitrogens with two attached hydrogens (primary N) is 1. The fourth-order valence-electron chi connectivity index (χ4n) is 2.49. The average Bonchev–Trinajstić information content (AvgIpc) is 2.46. The topological polar surface area (TPSA) is 83.6 Å². The molecule has 0 saturated carbocycles. The third kappa shape index (κ3) is 3.53. The minimum absolute atomic E-state index is 0.0329. The van der Waals surface area contributed by atoms with E-state index in [1.54, 1.807) is 0 Å². The number of aliphatic hydroxyl groups is 1. The molecule has 124 valence electrons. The monoisotopic (exact) mass is 338 g/mol. The van der Waals surface area contributed by atoms with Crippen LogP contribution in [0.4, 0.5) is 18.9 Å². The summed E-state index contributed by atoms with van der Waals surface area (Å²) in [6.45, 7) is -0.102. The minimum Gasteiger partial charge on any atom is -0.399 e. The van der Waals surface area contributed by atoms with E-state index in [0.29, 0.717) is 5.69 Å². The fourth-order valence-corrected chi connectivity index (χ4v) is 3.96. The summed E-state index contributed by atoms with van der Waals surface area (Å²) in [7, 11) is -3.75. The summed E-state index contributed by atoms with van der Waals surface area (Å²) in [4.78, 5) is 0.0523. The number of sulfonamides is 1. The predicted molar refractivity (Wildman–Crippen MR) is 74.4 cm³/mol. The number of nitrogen functional groups attached to an aromatic ring is 1. The number of nitrogens with zero attached hydrogens (tertiary/aromatic N) is 1. The second kappa shape index (κ2) is 6.05. The van der Waals surface area contributed by atoms with Crippen LogP contribution < -0.4 is 5.73 Å². The van der Waals surface area contributed by atoms with Gasteiger partial charge in [-0.25, -0.2) is 8.42 Å². The lowest BCUT2D eigenvalue weighted by Gasteiger charge is -2.34. The first kappa shape index (κ1) is 17.0. The van der Waals surface area contributed by atoms with Gasteiger partial charge in [-0.1, -0.05) is 0 Å². The van der Waals surface area contributed by atoms with E-state index in [-0.39, 0.29) is 30.8 Å². The summed E-state index contributed by atoms with van der Waals surface area (Å²) >= 11 is 0. The van der Waals surface area contributed by atoms with Crippen molar-refractivity contribution in [1.29, 1.82) is 0 Å². The zero-order valence-corrected chi connectivity index (χ0v) is 12.4. The third-order valence-corrected chi connectivity index (χ3v) is 5.71. The smallest absolute Gasteiger partial charge is 0.399 e. The molecule has 1 saturated heterocycles. The van der Waals surface area contributed by atoms with E-state index in [4.69, 9.17) is 5.73 Å². The number of aliphatic hydroxyl groups excluding tert-OH is 1. The maximum Gasteiger partial charge on any atom is 0.414 e. The number of rotatable bonds is 3. The van der Waals surface area contributed by atoms with Gasteiger partial charge in [0, 0.05) is 18.8 Å². The van der Waals surface area contributed by atoms with Gasteiger partial charge in [-0.15, -0.1) is 0 Å². The highest BCUT2D eigenvalue weighted by atomic mass is 32.2. The zero-order valence-electron chi connectivity index (χ0n) is 11.6. The van der Waals surface area contributed by atoms with Crippen molar-refractivity contribution in [1.82, 2.24) is 4.31 Å². The lowest BCUT2D eigenvalue weighted by molar-refractivity contribution is -0.222. The molecule has 22 heavy (non-hydrogen) atoms. The Kier molecular flexibility index (Phi) is 4.69. The molecule has 2 rings (SSSR count). The SMILES string of the molecule is Nc1ccc(S(=O)(=O)N2CCC([C@@H](O)C(F)(F)F)CC2)cc1. The van der Waals surface area contributed by atoms with Crippen molar-refractivity contribution in [2.75, 3.05) is 18.8 Å². The molecule has 1 aliphatic rings. The molecule has 3 N–H and O–H groups in total. The van der Waals surface area contributed by atoms with Gasteiger partial charge in [0.2, 0.25) is 10.0 Å². The Morgan fingerprint density at radius 1 is 1.18 bits per heavy atom. The molecule has 5 nitrogen and oxygen atoms in total. The van der Waals surface area contributed by atoms with Gasteiger partial charge in [0.1, 0.15) is 0 Å². The molecule has 1 aromatic carbocycles. The number of benzene rings is 1. The second-order valence-corrected chi connectivity index (χ2v) is 7.23. The van der Waals surface area contributed by atoms with Crippen molar-refractivity contribution >= 4 is 15.7 Å². The second-order valence-electron chi connectivity index (χ2n) is 5.30. The molecule has 0 radical (unpaired) electrons. The van der Waals surface area contributed by atoms with Gasteiger partial charge in [-0.3, -0.25) is 0 Å². The summed E-state index contributed by atoms with van der Waals surface area (Å²) in [5, 5.41) is 9.24. The lowest BCUT2D eigenvalue weighted by Crippen LogP contribution is -2.45. The Hall–Kier alpha value is -1.32. The molecule has 1 atom stereocenters. The van der Waals surface area contributed by atoms with Crippen LogP contribution in [0.3, 0.4) is 0 Å². The van der Waals surface area contributed by atoms with Crippen LogP contribution in [0, 0.1) is 5.92 Å². The number of hydrogen-bond acceptors (Lipinski definition) is 4. The molecule has 9 heteroatoms. The summed E-state index contributed by atoms with van der Waals surface area (Å²) in [6, 6.07) is 5.63. The summed E-state index contributed by atoms with van der Waals surface area (Å²) < 4.78 is 63.3. The number of piperidine rings is 1. The molecule has 0 aromatic heterocycles. The van der Waals surface area contributed by atoms with E-state index in [9.17, 15) is 26.7 Å². The summed E-state index contributed by atoms with van der Waals surface area (Å²) in [5.41, 5.74) is 5.92. The molecule has 1 heterocycles. The van der Waals surface area contributed by atoms with E-state index < -0.39 is 28.2 Å². The first-order valence-electron chi connectivity index (χ1n) is 6.73. The summed E-state index contributed by atoms with van der Waals surface area (Å²) in [6.07, 6.45) is -7.15. The van der Waals surface area contributed by atoms with Crippen LogP contribution in [0.25, 0.3) is 0 Å². The van der Waals surface area contributed by atoms with Crippen molar-refractivity contribution in [2.24, 2.45) is 5.92 Å². The largest absolute Gasteiger partial charge is 0.414 e. The highest BCUT2D eigenvalue weighted by Gasteiger charge is 2.45. The predicted octanol–water partition coefficient (Wildman–Crippen LogP) is 1.59. The third-order valence-electron chi connectivity index (χ3n) is 3.80. The van der Waals surface area contributed by atoms with Crippen molar-refractivity contribution in [3.63, 3.8) is 0 Å². The number of anilines is 1. The highest BCUT2D eigenvalue weighted by Crippen LogP contribution is 2.33. The molecule has 0 bridgehead atoms. The van der Waals surface area contributed by atoms with Gasteiger partial charge in [-0.2, -0.15) is 17.5 Å². The Morgan fingerprint density at radius 3 is 2.14 bits per heavy atom. The molecule has 0 spiro atoms. The highest BCUT2D eigenvalue weighted by molar-refractivity contribution is 7.89. The maximum absolute atomic E-state index is 12.5. The standard InChI is InChI=1S/C13H17F3N2O3S/c14-13(15,16)12(19)9-5-7-18(8-6-9)22(20,21)11-3-1-10(17)2-4-11/h1-4,9,12,19H,5-8,17H2/t12-/m1/s1. The number of hydrogen-bond donors (Lipinski definition) is 2. The Morgan fingerprint density at radius 2 is 1.68 bits per heavy atom. The fraction of sp³-hybridized carbons (Fsp3) is 0.538. The van der Waals surface area contributed by atoms with Crippen LogP contribution in [0.15, 0.2) is 29.2 Å². The van der Waals surface area contributed by atoms with Crippen LogP contribution in [-0.4, -0.2) is 43.2 Å². The van der Waals surface area contributed by atoms with E-state index >= 15 is 0 Å². The van der Waals surface area contributed by atoms with Crippen molar-refractivity contribution < 1.29 is 26.7 Å². The molecule has 1 aliphatic heterocycles. The maximum atomic E-state index is 12.5. The Bertz CT molecular complexity index is 608. The van der Waals surface area contributed by atoms with Crippen molar-refractivity contribution in [2.45, 2.75) is 30.0 Å². The normalized spacial score (nSPS) is 20.0. The molecule has 0 amide bonds. The molecular formula is C13H17F3N2O3S. The van der Waals surface area contributed by atoms with Gasteiger partial charge in [0.05, 0.1) is 4.90 Å². The average molecular weight is 338 g/mol. The van der Waals surface area contributed by atoms with Gasteiger partial charge in [-0.05, 0) is 43.0 Å². The first-order valence-corrected chi connectivity index (χ1v) is 8.17. The van der Waals surface area contributed by atoms with Crippen LogP contribution in [-0.2, 0) is 10.0 Å². The van der Waals surface area contributed by atoms with Crippen LogP contribution >= 0.6 is 0 Å². The molecule has 0 unspecified atom stereocenters. The molecular weight excluding hydrogens is 321 g/mol. The van der Waals surface area contributed by atoms with Gasteiger partial charge in [0.25, 0.3) is 0 Å². The first-order chi connectivity index (χ1) is 10.1. The molecule has 1 fully saturated rings. The van der Waals surface area contributed by atoms with Crippen LogP contribution in [0.1, 0.15) is 12.8 Å². The van der Waals surface area contributed by atoms with E-state index in [1.165, 1.54) is 24.3 Å². The summed E-state index contributed by atoms with van der Waals surface area (Å²) in [5.74, 6) is -0.974. The van der Waals surface area contributed by atoms with Crippen molar-refractivity contribution in [3.8, 4) is 0 Å². The minimum atomic E-state index is -4.68. The van der Waals surface area contributed by atoms with Gasteiger partial charge in [0.15, 0.2) is 6.10 Å². The number of halogens is 3. The van der Waals surface area contributed by atoms with Crippen molar-refractivity contribution in [3.05, 3.63) is 24.3 Å². The number of alkyl halides is 3. The lowest BCUT2D eigenvalue weighted by atomic mass is 9.92. The molecule has 0 aliphatic carbocycles. The van der Waals surface area contributed by atoms with Gasteiger partial charge < -0.3 is 10.8 Å². The van der Waals surface area contributed by atoms with E-state index in [0.717, 1.165) is 4.31 Å². The quantitative estimate of drug-likeness (QED) is 0.820.